The molecule has 0 aliphatic carbocycles. The van der Waals surface area contributed by atoms with E-state index in [0.29, 0.717) is 17.8 Å². The number of hydrogen-bond acceptors (Lipinski definition) is 5. The van der Waals surface area contributed by atoms with Gasteiger partial charge in [-0.05, 0) is 41.0 Å². The summed E-state index contributed by atoms with van der Waals surface area (Å²) in [4.78, 5) is 22.5. The van der Waals surface area contributed by atoms with Crippen LogP contribution in [0.2, 0.25) is 0 Å². The Bertz CT molecular complexity index is 738. The second-order valence-electron chi connectivity index (χ2n) is 8.14. The van der Waals surface area contributed by atoms with E-state index in [4.69, 9.17) is 14.2 Å². The van der Waals surface area contributed by atoms with Crippen molar-refractivity contribution >= 4 is 17.6 Å². The molecule has 6 heteroatoms. The number of alkyl carbamates (subject to hydrolysis) is 1. The largest absolute Gasteiger partial charge is 0.490 e. The van der Waals surface area contributed by atoms with E-state index in [1.54, 1.807) is 0 Å². The van der Waals surface area contributed by atoms with Crippen LogP contribution in [0.4, 0.5) is 4.79 Å². The standard InChI is InChI=1S/C25H37NO5/c1-8-22(27)30-14-13-26-25(28)31-16-15-29-21-11-9-20(10-12-21)24(19(6)7)23(17(2)3)18(4)5/h8-12,17-19H,1,13-16H2,2-7H3,(H,26,28). The number of hydrogen-bond donors (Lipinski definition) is 1. The highest BCUT2D eigenvalue weighted by Gasteiger charge is 2.18. The van der Waals surface area contributed by atoms with E-state index in [-0.39, 0.29) is 26.4 Å². The molecule has 1 N–H and O–H groups in total. The lowest BCUT2D eigenvalue weighted by atomic mass is 9.81. The number of esters is 1. The summed E-state index contributed by atoms with van der Waals surface area (Å²) in [6, 6.07) is 8.08. The van der Waals surface area contributed by atoms with Gasteiger partial charge in [0.05, 0.1) is 6.54 Å². The Morgan fingerprint density at radius 1 is 0.903 bits per heavy atom. The molecule has 1 rings (SSSR count). The van der Waals surface area contributed by atoms with Crippen LogP contribution in [0.1, 0.15) is 47.1 Å². The zero-order chi connectivity index (χ0) is 23.4. The maximum Gasteiger partial charge on any atom is 0.407 e. The van der Waals surface area contributed by atoms with Gasteiger partial charge in [0.2, 0.25) is 0 Å². The van der Waals surface area contributed by atoms with Gasteiger partial charge in [-0.15, -0.1) is 0 Å². The zero-order valence-corrected chi connectivity index (χ0v) is 19.7. The molecule has 1 amide bonds. The van der Waals surface area contributed by atoms with E-state index in [2.05, 4.69) is 65.6 Å². The molecule has 172 valence electrons. The number of nitrogens with one attached hydrogen (secondary N) is 1. The quantitative estimate of drug-likeness (QED) is 0.278. The van der Waals surface area contributed by atoms with Crippen molar-refractivity contribution in [3.05, 3.63) is 48.1 Å². The van der Waals surface area contributed by atoms with E-state index in [1.807, 2.05) is 12.1 Å². The van der Waals surface area contributed by atoms with Gasteiger partial charge in [0.15, 0.2) is 0 Å². The molecule has 6 nitrogen and oxygen atoms in total. The molecular weight excluding hydrogens is 394 g/mol. The molecule has 1 aromatic carbocycles. The molecule has 0 radical (unpaired) electrons. The SMILES string of the molecule is C=CC(=O)OCCNC(=O)OCCOc1ccc(C(=C(C(C)C)C(C)C)C(C)C)cc1. The molecule has 0 fully saturated rings. The molecule has 0 aliphatic rings. The highest BCUT2D eigenvalue weighted by molar-refractivity contribution is 5.81. The summed E-state index contributed by atoms with van der Waals surface area (Å²) in [6.07, 6.45) is 0.477. The molecule has 0 atom stereocenters. The number of allylic oxidation sites excluding steroid dienone is 2. The molecule has 0 heterocycles. The van der Waals surface area contributed by atoms with Gasteiger partial charge in [0.25, 0.3) is 0 Å². The Labute approximate surface area is 186 Å². The summed E-state index contributed by atoms with van der Waals surface area (Å²) >= 11 is 0. The van der Waals surface area contributed by atoms with Crippen molar-refractivity contribution in [2.45, 2.75) is 41.5 Å². The molecule has 0 unspecified atom stereocenters. The van der Waals surface area contributed by atoms with Gasteiger partial charge in [-0.1, -0.05) is 65.8 Å². The fourth-order valence-corrected chi connectivity index (χ4v) is 3.56. The Morgan fingerprint density at radius 2 is 1.52 bits per heavy atom. The van der Waals surface area contributed by atoms with E-state index in [1.165, 1.54) is 16.7 Å². The van der Waals surface area contributed by atoms with Gasteiger partial charge in [0.1, 0.15) is 25.6 Å². The molecule has 0 bridgehead atoms. The Morgan fingerprint density at radius 3 is 2.03 bits per heavy atom. The van der Waals surface area contributed by atoms with E-state index >= 15 is 0 Å². The predicted molar refractivity (Wildman–Crippen MR) is 124 cm³/mol. The minimum absolute atomic E-state index is 0.0605. The lowest BCUT2D eigenvalue weighted by Gasteiger charge is -2.25. The van der Waals surface area contributed by atoms with Crippen LogP contribution in [0.15, 0.2) is 42.5 Å². The zero-order valence-electron chi connectivity index (χ0n) is 19.7. The van der Waals surface area contributed by atoms with Crippen molar-refractivity contribution in [1.82, 2.24) is 5.32 Å². The van der Waals surface area contributed by atoms with Crippen LogP contribution < -0.4 is 10.1 Å². The van der Waals surface area contributed by atoms with Crippen molar-refractivity contribution < 1.29 is 23.8 Å². The fourth-order valence-electron chi connectivity index (χ4n) is 3.56. The van der Waals surface area contributed by atoms with Gasteiger partial charge in [-0.3, -0.25) is 0 Å². The van der Waals surface area contributed by atoms with Gasteiger partial charge >= 0.3 is 12.1 Å². The predicted octanol–water partition coefficient (Wildman–Crippen LogP) is 5.24. The second kappa shape index (κ2) is 13.5. The van der Waals surface area contributed by atoms with Gasteiger partial charge in [-0.2, -0.15) is 0 Å². The molecule has 0 aliphatic heterocycles. The van der Waals surface area contributed by atoms with Crippen molar-refractivity contribution in [2.24, 2.45) is 17.8 Å². The highest BCUT2D eigenvalue weighted by atomic mass is 16.6. The van der Waals surface area contributed by atoms with Crippen LogP contribution in [0.25, 0.3) is 5.57 Å². The van der Waals surface area contributed by atoms with Gasteiger partial charge in [-0.25, -0.2) is 9.59 Å². The lowest BCUT2D eigenvalue weighted by molar-refractivity contribution is -0.137. The monoisotopic (exact) mass is 431 g/mol. The first-order valence-electron chi connectivity index (χ1n) is 10.8. The number of carbonyl (C=O) groups is 2. The fraction of sp³-hybridized carbons (Fsp3) is 0.520. The lowest BCUT2D eigenvalue weighted by Crippen LogP contribution is -2.29. The number of amides is 1. The van der Waals surface area contributed by atoms with Crippen LogP contribution in [-0.4, -0.2) is 38.4 Å². The van der Waals surface area contributed by atoms with Crippen LogP contribution in [0.3, 0.4) is 0 Å². The summed E-state index contributed by atoms with van der Waals surface area (Å²) in [6.45, 7) is 17.3. The molecule has 0 saturated heterocycles. The second-order valence-corrected chi connectivity index (χ2v) is 8.14. The summed E-state index contributed by atoms with van der Waals surface area (Å²) in [7, 11) is 0. The summed E-state index contributed by atoms with van der Waals surface area (Å²) in [5.41, 5.74) is 4.10. The average Bonchev–Trinajstić information content (AvgIpc) is 2.72. The van der Waals surface area contributed by atoms with Crippen LogP contribution in [0, 0.1) is 17.8 Å². The van der Waals surface area contributed by atoms with Crippen molar-refractivity contribution in [3.63, 3.8) is 0 Å². The number of rotatable bonds is 12. The first-order chi connectivity index (χ1) is 14.7. The average molecular weight is 432 g/mol. The Kier molecular flexibility index (Phi) is 11.5. The first kappa shape index (κ1) is 26.3. The van der Waals surface area contributed by atoms with Gasteiger partial charge in [0, 0.05) is 6.08 Å². The number of ether oxygens (including phenoxy) is 3. The first-order valence-corrected chi connectivity index (χ1v) is 10.8. The third-order valence-corrected chi connectivity index (χ3v) is 4.67. The molecule has 0 saturated carbocycles. The highest BCUT2D eigenvalue weighted by Crippen LogP contribution is 2.35. The number of benzene rings is 1. The van der Waals surface area contributed by atoms with E-state index in [0.717, 1.165) is 11.8 Å². The van der Waals surface area contributed by atoms with Crippen LogP contribution in [0.5, 0.6) is 5.75 Å². The summed E-state index contributed by atoms with van der Waals surface area (Å²) in [5, 5.41) is 2.49. The van der Waals surface area contributed by atoms with E-state index < -0.39 is 12.1 Å². The third-order valence-electron chi connectivity index (χ3n) is 4.67. The maximum absolute atomic E-state index is 11.6. The summed E-state index contributed by atoms with van der Waals surface area (Å²) < 4.78 is 15.5. The Balaban J connectivity index is 2.54. The molecule has 1 aromatic rings. The maximum atomic E-state index is 11.6. The normalized spacial score (nSPS) is 10.7. The van der Waals surface area contributed by atoms with Gasteiger partial charge < -0.3 is 19.5 Å². The van der Waals surface area contributed by atoms with E-state index in [9.17, 15) is 9.59 Å². The summed E-state index contributed by atoms with van der Waals surface area (Å²) in [5.74, 6) is 1.60. The topological polar surface area (TPSA) is 73.9 Å². The molecule has 31 heavy (non-hydrogen) atoms. The molecule has 0 aromatic heterocycles. The minimum atomic E-state index is -0.588. The third kappa shape index (κ3) is 9.28. The molecule has 0 spiro atoms. The van der Waals surface area contributed by atoms with Crippen molar-refractivity contribution in [1.29, 1.82) is 0 Å². The van der Waals surface area contributed by atoms with Crippen LogP contribution in [-0.2, 0) is 14.3 Å². The smallest absolute Gasteiger partial charge is 0.407 e. The minimum Gasteiger partial charge on any atom is -0.490 e. The molecular formula is C25H37NO5. The Hall–Kier alpha value is -2.76. The number of carbonyl (C=O) groups excluding carboxylic acids is 2. The van der Waals surface area contributed by atoms with Crippen LogP contribution >= 0.6 is 0 Å². The van der Waals surface area contributed by atoms with Crippen molar-refractivity contribution in [3.8, 4) is 5.75 Å². The van der Waals surface area contributed by atoms with Crippen molar-refractivity contribution in [2.75, 3.05) is 26.4 Å².